The molecule has 1 saturated carbocycles. The Morgan fingerprint density at radius 2 is 2.24 bits per heavy atom. The Labute approximate surface area is 107 Å². The van der Waals surface area contributed by atoms with E-state index in [9.17, 15) is 0 Å². The van der Waals surface area contributed by atoms with Crippen molar-refractivity contribution in [3.63, 3.8) is 0 Å². The molecular formula is C12H21N3OS. The van der Waals surface area contributed by atoms with Crippen LogP contribution in [0.2, 0.25) is 0 Å². The minimum atomic E-state index is 0.710. The molecule has 5 heteroatoms. The van der Waals surface area contributed by atoms with Crippen molar-refractivity contribution in [2.24, 2.45) is 5.92 Å². The van der Waals surface area contributed by atoms with Gasteiger partial charge in [0.15, 0.2) is 0 Å². The Morgan fingerprint density at radius 1 is 1.41 bits per heavy atom. The summed E-state index contributed by atoms with van der Waals surface area (Å²) in [6, 6.07) is 0.717. The van der Waals surface area contributed by atoms with Crippen molar-refractivity contribution in [1.29, 1.82) is 0 Å². The predicted octanol–water partition coefficient (Wildman–Crippen LogP) is 2.61. The number of rotatable bonds is 8. The second-order valence-corrected chi connectivity index (χ2v) is 6.03. The van der Waals surface area contributed by atoms with Gasteiger partial charge in [0, 0.05) is 6.04 Å². The molecule has 0 aliphatic heterocycles. The molecule has 0 radical (unpaired) electrons. The molecule has 0 unspecified atom stereocenters. The van der Waals surface area contributed by atoms with Gasteiger partial charge >= 0.3 is 0 Å². The van der Waals surface area contributed by atoms with Crippen molar-refractivity contribution in [3.05, 3.63) is 5.01 Å². The quantitative estimate of drug-likeness (QED) is 0.725. The van der Waals surface area contributed by atoms with Crippen molar-refractivity contribution in [1.82, 2.24) is 15.5 Å². The van der Waals surface area contributed by atoms with Crippen molar-refractivity contribution in [3.8, 4) is 5.19 Å². The summed E-state index contributed by atoms with van der Waals surface area (Å²) in [6.45, 7) is 6.04. The summed E-state index contributed by atoms with van der Waals surface area (Å²) >= 11 is 1.55. The third-order valence-electron chi connectivity index (χ3n) is 2.72. The SMILES string of the molecule is CC(C)CCCOc1nnc(CNC2CC2)s1. The Bertz CT molecular complexity index is 336. The normalized spacial score (nSPS) is 15.5. The standard InChI is InChI=1S/C12H21N3OS/c1-9(2)4-3-7-16-12-15-14-11(17-12)8-13-10-5-6-10/h9-10,13H,3-8H2,1-2H3. The summed E-state index contributed by atoms with van der Waals surface area (Å²) < 4.78 is 5.58. The predicted molar refractivity (Wildman–Crippen MR) is 69.3 cm³/mol. The number of hydrogen-bond donors (Lipinski definition) is 1. The molecule has 0 amide bonds. The van der Waals surface area contributed by atoms with Crippen LogP contribution in [0.4, 0.5) is 0 Å². The molecule has 1 N–H and O–H groups in total. The van der Waals surface area contributed by atoms with Crippen LogP contribution in [-0.4, -0.2) is 22.8 Å². The molecule has 1 aromatic rings. The molecule has 0 saturated heterocycles. The number of nitrogens with one attached hydrogen (secondary N) is 1. The highest BCUT2D eigenvalue weighted by molar-refractivity contribution is 7.13. The van der Waals surface area contributed by atoms with Crippen LogP contribution in [0.15, 0.2) is 0 Å². The minimum Gasteiger partial charge on any atom is -0.469 e. The van der Waals surface area contributed by atoms with E-state index < -0.39 is 0 Å². The molecule has 17 heavy (non-hydrogen) atoms. The molecule has 96 valence electrons. The minimum absolute atomic E-state index is 0.710. The van der Waals surface area contributed by atoms with E-state index >= 15 is 0 Å². The first kappa shape index (κ1) is 12.8. The van der Waals surface area contributed by atoms with Gasteiger partial charge < -0.3 is 10.1 Å². The smallest absolute Gasteiger partial charge is 0.294 e. The molecule has 0 aromatic carbocycles. The lowest BCUT2D eigenvalue weighted by molar-refractivity contribution is 0.294. The summed E-state index contributed by atoms with van der Waals surface area (Å²) in [5.74, 6) is 0.742. The van der Waals surface area contributed by atoms with Gasteiger partial charge in [0.1, 0.15) is 5.01 Å². The Morgan fingerprint density at radius 3 is 2.94 bits per heavy atom. The Balaban J connectivity index is 1.62. The monoisotopic (exact) mass is 255 g/mol. The van der Waals surface area contributed by atoms with Gasteiger partial charge in [-0.1, -0.05) is 25.2 Å². The topological polar surface area (TPSA) is 47.0 Å². The van der Waals surface area contributed by atoms with E-state index in [4.69, 9.17) is 4.74 Å². The largest absolute Gasteiger partial charge is 0.469 e. The second-order valence-electron chi connectivity index (χ2n) is 5.00. The van der Waals surface area contributed by atoms with E-state index in [2.05, 4.69) is 29.4 Å². The first-order valence-electron chi connectivity index (χ1n) is 6.42. The fourth-order valence-electron chi connectivity index (χ4n) is 1.54. The van der Waals surface area contributed by atoms with Gasteiger partial charge in [-0.25, -0.2) is 0 Å². The maximum atomic E-state index is 5.58. The third kappa shape index (κ3) is 5.00. The summed E-state index contributed by atoms with van der Waals surface area (Å²) in [7, 11) is 0. The van der Waals surface area contributed by atoms with Gasteiger partial charge in [-0.15, -0.1) is 10.2 Å². The molecule has 1 aliphatic carbocycles. The molecule has 4 nitrogen and oxygen atoms in total. The lowest BCUT2D eigenvalue weighted by atomic mass is 10.1. The van der Waals surface area contributed by atoms with Gasteiger partial charge in [-0.3, -0.25) is 0 Å². The summed E-state index contributed by atoms with van der Waals surface area (Å²) in [4.78, 5) is 0. The first-order valence-corrected chi connectivity index (χ1v) is 7.24. The average molecular weight is 255 g/mol. The third-order valence-corrected chi connectivity index (χ3v) is 3.55. The van der Waals surface area contributed by atoms with E-state index in [0.29, 0.717) is 11.2 Å². The highest BCUT2D eigenvalue weighted by Gasteiger charge is 2.20. The van der Waals surface area contributed by atoms with E-state index in [1.807, 2.05) is 0 Å². The molecular weight excluding hydrogens is 234 g/mol. The fraction of sp³-hybridized carbons (Fsp3) is 0.833. The second kappa shape index (κ2) is 6.31. The van der Waals surface area contributed by atoms with Crippen molar-refractivity contribution >= 4 is 11.3 Å². The number of aromatic nitrogens is 2. The summed E-state index contributed by atoms with van der Waals surface area (Å²) in [5.41, 5.74) is 0. The number of nitrogens with zero attached hydrogens (tertiary/aromatic N) is 2. The molecule has 1 aliphatic rings. The van der Waals surface area contributed by atoms with Gasteiger partial charge in [0.25, 0.3) is 5.19 Å². The maximum Gasteiger partial charge on any atom is 0.294 e. The lowest BCUT2D eigenvalue weighted by Gasteiger charge is -2.03. The molecule has 1 aromatic heterocycles. The zero-order valence-electron chi connectivity index (χ0n) is 10.6. The van der Waals surface area contributed by atoms with Crippen molar-refractivity contribution in [2.75, 3.05) is 6.61 Å². The number of ether oxygens (including phenoxy) is 1. The van der Waals surface area contributed by atoms with Gasteiger partial charge in [0.05, 0.1) is 13.2 Å². The van der Waals surface area contributed by atoms with Crippen molar-refractivity contribution < 1.29 is 4.74 Å². The van der Waals surface area contributed by atoms with Crippen LogP contribution < -0.4 is 10.1 Å². The van der Waals surface area contributed by atoms with Crippen LogP contribution in [0.25, 0.3) is 0 Å². The molecule has 0 spiro atoms. The van der Waals surface area contributed by atoms with Crippen LogP contribution in [0, 0.1) is 5.92 Å². The molecule has 1 heterocycles. The van der Waals surface area contributed by atoms with E-state index in [1.54, 1.807) is 11.3 Å². The Kier molecular flexibility index (Phi) is 4.74. The van der Waals surface area contributed by atoms with Crippen molar-refractivity contribution in [2.45, 2.75) is 52.1 Å². The molecule has 1 fully saturated rings. The molecule has 0 bridgehead atoms. The lowest BCUT2D eigenvalue weighted by Crippen LogP contribution is -2.14. The Hall–Kier alpha value is -0.680. The van der Waals surface area contributed by atoms with Gasteiger partial charge in [-0.2, -0.15) is 0 Å². The number of hydrogen-bond acceptors (Lipinski definition) is 5. The van der Waals surface area contributed by atoms with Gasteiger partial charge in [-0.05, 0) is 31.6 Å². The van der Waals surface area contributed by atoms with Crippen LogP contribution in [0.3, 0.4) is 0 Å². The van der Waals surface area contributed by atoms with Crippen LogP contribution >= 0.6 is 11.3 Å². The summed E-state index contributed by atoms with van der Waals surface area (Å²) in [5, 5.41) is 13.3. The van der Waals surface area contributed by atoms with E-state index in [1.165, 1.54) is 19.3 Å². The van der Waals surface area contributed by atoms with Crippen LogP contribution in [-0.2, 0) is 6.54 Å². The van der Waals surface area contributed by atoms with Crippen LogP contribution in [0.1, 0.15) is 44.5 Å². The highest BCUT2D eigenvalue weighted by Crippen LogP contribution is 2.22. The molecule has 2 rings (SSSR count). The van der Waals surface area contributed by atoms with E-state index in [0.717, 1.165) is 30.5 Å². The zero-order valence-corrected chi connectivity index (χ0v) is 11.4. The molecule has 0 atom stereocenters. The van der Waals surface area contributed by atoms with E-state index in [-0.39, 0.29) is 0 Å². The highest BCUT2D eigenvalue weighted by atomic mass is 32.1. The zero-order chi connectivity index (χ0) is 12.1. The fourth-order valence-corrected chi connectivity index (χ4v) is 2.20. The maximum absolute atomic E-state index is 5.58. The average Bonchev–Trinajstić information content (AvgIpc) is 3.01. The van der Waals surface area contributed by atoms with Crippen LogP contribution in [0.5, 0.6) is 5.19 Å². The summed E-state index contributed by atoms with van der Waals surface area (Å²) in [6.07, 6.45) is 4.90. The van der Waals surface area contributed by atoms with Gasteiger partial charge in [0.2, 0.25) is 0 Å². The first-order chi connectivity index (χ1) is 8.24.